The summed E-state index contributed by atoms with van der Waals surface area (Å²) < 4.78 is 15.4. The van der Waals surface area contributed by atoms with Gasteiger partial charge in [-0.25, -0.2) is 4.39 Å². The van der Waals surface area contributed by atoms with Gasteiger partial charge in [-0.15, -0.1) is 0 Å². The first kappa shape index (κ1) is 14.9. The summed E-state index contributed by atoms with van der Waals surface area (Å²) in [4.78, 5) is 0. The van der Waals surface area contributed by atoms with Crippen molar-refractivity contribution in [1.29, 1.82) is 0 Å². The average Bonchev–Trinajstić information content (AvgIpc) is 2.37. The van der Waals surface area contributed by atoms with Crippen LogP contribution in [0.1, 0.15) is 22.7 Å². The highest BCUT2D eigenvalue weighted by Gasteiger charge is 2.13. The molecule has 0 heterocycles. The summed E-state index contributed by atoms with van der Waals surface area (Å²) in [6.07, 6.45) is 0.609. The van der Waals surface area contributed by atoms with Crippen LogP contribution in [0, 0.1) is 16.3 Å². The molecule has 0 aromatic heterocycles. The molecule has 0 saturated heterocycles. The third-order valence-electron chi connectivity index (χ3n) is 3.07. The second kappa shape index (κ2) is 6.33. The second-order valence-corrected chi connectivity index (χ2v) is 6.46. The summed E-state index contributed by atoms with van der Waals surface area (Å²) in [5.41, 5.74) is 9.48. The van der Waals surface area contributed by atoms with E-state index in [1.165, 1.54) is 21.3 Å². The van der Waals surface area contributed by atoms with E-state index in [9.17, 15) is 4.39 Å². The smallest absolute Gasteiger partial charge is 0.123 e. The van der Waals surface area contributed by atoms with Gasteiger partial charge in [0.05, 0.1) is 0 Å². The standard InChI is InChI=1S/C15H14BrFIN/c1-9-3-2-4-12(15(9)18)14(19)8-10-7-11(17)5-6-13(10)16/h2-7,14H,8,19H2,1H3. The molecule has 1 nitrogen and oxygen atoms in total. The van der Waals surface area contributed by atoms with Crippen molar-refractivity contribution in [3.05, 3.63) is 66.9 Å². The van der Waals surface area contributed by atoms with Crippen molar-refractivity contribution in [1.82, 2.24) is 0 Å². The Morgan fingerprint density at radius 1 is 1.32 bits per heavy atom. The Bertz CT molecular complexity index is 601. The van der Waals surface area contributed by atoms with Crippen LogP contribution in [-0.4, -0.2) is 0 Å². The maximum atomic E-state index is 13.3. The van der Waals surface area contributed by atoms with Crippen LogP contribution in [0.4, 0.5) is 4.39 Å². The van der Waals surface area contributed by atoms with E-state index in [4.69, 9.17) is 5.73 Å². The molecule has 2 rings (SSSR count). The molecule has 0 aliphatic heterocycles. The van der Waals surface area contributed by atoms with Gasteiger partial charge in [-0.1, -0.05) is 34.1 Å². The van der Waals surface area contributed by atoms with Crippen LogP contribution in [0.2, 0.25) is 0 Å². The Balaban J connectivity index is 2.28. The molecule has 0 aliphatic carbocycles. The first-order valence-electron chi connectivity index (χ1n) is 5.93. The van der Waals surface area contributed by atoms with Gasteiger partial charge in [0.15, 0.2) is 0 Å². The van der Waals surface area contributed by atoms with Crippen molar-refractivity contribution in [3.8, 4) is 0 Å². The zero-order valence-electron chi connectivity index (χ0n) is 10.5. The highest BCUT2D eigenvalue weighted by Crippen LogP contribution is 2.27. The van der Waals surface area contributed by atoms with Crippen molar-refractivity contribution in [2.24, 2.45) is 5.73 Å². The third kappa shape index (κ3) is 3.55. The van der Waals surface area contributed by atoms with Gasteiger partial charge in [-0.3, -0.25) is 0 Å². The van der Waals surface area contributed by atoms with E-state index < -0.39 is 0 Å². The lowest BCUT2D eigenvalue weighted by Gasteiger charge is -2.16. The molecule has 19 heavy (non-hydrogen) atoms. The van der Waals surface area contributed by atoms with Crippen LogP contribution in [0.5, 0.6) is 0 Å². The molecule has 2 N–H and O–H groups in total. The molecule has 0 saturated carbocycles. The van der Waals surface area contributed by atoms with E-state index in [1.807, 2.05) is 12.1 Å². The molecule has 0 amide bonds. The van der Waals surface area contributed by atoms with E-state index in [0.717, 1.165) is 15.6 Å². The molecule has 0 spiro atoms. The fourth-order valence-electron chi connectivity index (χ4n) is 2.00. The van der Waals surface area contributed by atoms with Gasteiger partial charge in [0, 0.05) is 14.1 Å². The minimum atomic E-state index is -0.232. The fourth-order valence-corrected chi connectivity index (χ4v) is 3.17. The van der Waals surface area contributed by atoms with E-state index in [2.05, 4.69) is 51.5 Å². The minimum absolute atomic E-state index is 0.134. The van der Waals surface area contributed by atoms with Crippen molar-refractivity contribution in [3.63, 3.8) is 0 Å². The van der Waals surface area contributed by atoms with E-state index in [-0.39, 0.29) is 11.9 Å². The molecule has 0 fully saturated rings. The Kier molecular flexibility index (Phi) is 4.97. The molecule has 1 atom stereocenters. The molecule has 2 aromatic rings. The van der Waals surface area contributed by atoms with Crippen LogP contribution < -0.4 is 5.73 Å². The number of nitrogens with two attached hydrogens (primary N) is 1. The maximum Gasteiger partial charge on any atom is 0.123 e. The van der Waals surface area contributed by atoms with Crippen molar-refractivity contribution < 1.29 is 4.39 Å². The summed E-state index contributed by atoms with van der Waals surface area (Å²) in [6, 6.07) is 10.7. The predicted molar refractivity (Wildman–Crippen MR) is 88.6 cm³/mol. The lowest BCUT2D eigenvalue weighted by molar-refractivity contribution is 0.621. The SMILES string of the molecule is Cc1cccc(C(N)Cc2cc(F)ccc2Br)c1I. The first-order valence-corrected chi connectivity index (χ1v) is 7.80. The van der Waals surface area contributed by atoms with Gasteiger partial charge in [-0.05, 0) is 70.8 Å². The second-order valence-electron chi connectivity index (χ2n) is 4.52. The molecular formula is C15H14BrFIN. The molecule has 0 bridgehead atoms. The Hall–Kier alpha value is -0.460. The molecule has 2 aromatic carbocycles. The van der Waals surface area contributed by atoms with Gasteiger partial charge in [0.25, 0.3) is 0 Å². The van der Waals surface area contributed by atoms with E-state index in [0.29, 0.717) is 6.42 Å². The quantitative estimate of drug-likeness (QED) is 0.695. The molecule has 1 unspecified atom stereocenters. The summed E-state index contributed by atoms with van der Waals surface area (Å²) in [5.74, 6) is -0.232. The summed E-state index contributed by atoms with van der Waals surface area (Å²) in [7, 11) is 0. The topological polar surface area (TPSA) is 26.0 Å². The first-order chi connectivity index (χ1) is 8.99. The van der Waals surface area contributed by atoms with Gasteiger partial charge in [0.2, 0.25) is 0 Å². The number of rotatable bonds is 3. The molecule has 100 valence electrons. The zero-order chi connectivity index (χ0) is 14.0. The van der Waals surface area contributed by atoms with Crippen LogP contribution >= 0.6 is 38.5 Å². The Morgan fingerprint density at radius 2 is 2.05 bits per heavy atom. The normalized spacial score (nSPS) is 12.5. The van der Waals surface area contributed by atoms with Crippen LogP contribution in [0.25, 0.3) is 0 Å². The maximum absolute atomic E-state index is 13.3. The van der Waals surface area contributed by atoms with Gasteiger partial charge < -0.3 is 5.73 Å². The molecule has 4 heteroatoms. The zero-order valence-corrected chi connectivity index (χ0v) is 14.2. The Morgan fingerprint density at radius 3 is 2.79 bits per heavy atom. The van der Waals surface area contributed by atoms with Gasteiger partial charge in [0.1, 0.15) is 5.82 Å². The number of hydrogen-bond acceptors (Lipinski definition) is 1. The number of aryl methyl sites for hydroxylation is 1. The van der Waals surface area contributed by atoms with Crippen molar-refractivity contribution >= 4 is 38.5 Å². The van der Waals surface area contributed by atoms with Crippen LogP contribution in [-0.2, 0) is 6.42 Å². The van der Waals surface area contributed by atoms with Gasteiger partial charge >= 0.3 is 0 Å². The number of benzene rings is 2. The lowest BCUT2D eigenvalue weighted by atomic mass is 9.98. The van der Waals surface area contributed by atoms with E-state index in [1.54, 1.807) is 6.07 Å². The molecule has 0 radical (unpaired) electrons. The van der Waals surface area contributed by atoms with Crippen LogP contribution in [0.3, 0.4) is 0 Å². The van der Waals surface area contributed by atoms with Crippen molar-refractivity contribution in [2.75, 3.05) is 0 Å². The van der Waals surface area contributed by atoms with Crippen LogP contribution in [0.15, 0.2) is 40.9 Å². The molecular weight excluding hydrogens is 420 g/mol. The summed E-state index contributed by atoms with van der Waals surface area (Å²) in [5, 5.41) is 0. The van der Waals surface area contributed by atoms with Gasteiger partial charge in [-0.2, -0.15) is 0 Å². The highest BCUT2D eigenvalue weighted by atomic mass is 127. The third-order valence-corrected chi connectivity index (χ3v) is 5.32. The monoisotopic (exact) mass is 433 g/mol. The highest BCUT2D eigenvalue weighted by molar-refractivity contribution is 14.1. The Labute approximate surface area is 134 Å². The largest absolute Gasteiger partial charge is 0.324 e. The minimum Gasteiger partial charge on any atom is -0.324 e. The predicted octanol–water partition coefficient (Wildman–Crippen LogP) is 4.74. The average molecular weight is 434 g/mol. The summed E-state index contributed by atoms with van der Waals surface area (Å²) in [6.45, 7) is 2.07. The molecule has 0 aliphatic rings. The number of hydrogen-bond donors (Lipinski definition) is 1. The van der Waals surface area contributed by atoms with Crippen molar-refractivity contribution in [2.45, 2.75) is 19.4 Å². The number of halogens is 3. The van der Waals surface area contributed by atoms with E-state index >= 15 is 0 Å². The summed E-state index contributed by atoms with van der Waals surface area (Å²) >= 11 is 5.75. The fraction of sp³-hybridized carbons (Fsp3) is 0.200. The lowest BCUT2D eigenvalue weighted by Crippen LogP contribution is -2.15.